The molecule has 0 radical (unpaired) electrons. The third-order valence-electron chi connectivity index (χ3n) is 0.705. The van der Waals surface area contributed by atoms with Crippen LogP contribution in [0.15, 0.2) is 9.98 Å². The van der Waals surface area contributed by atoms with E-state index in [1.54, 1.807) is 0 Å². The minimum Gasteiger partial charge on any atom is -0.475 e. The maximum atomic E-state index is 10.2. The van der Waals surface area contributed by atoms with E-state index in [-0.39, 0.29) is 0 Å². The van der Waals surface area contributed by atoms with Crippen LogP contribution in [0.25, 0.3) is 0 Å². The summed E-state index contributed by atoms with van der Waals surface area (Å²) in [4.78, 5) is 26.3. The molecule has 0 aromatic carbocycles. The first-order valence-electron chi connectivity index (χ1n) is 2.10. The van der Waals surface area contributed by atoms with E-state index in [1.807, 2.05) is 0 Å². The summed E-state index contributed by atoms with van der Waals surface area (Å²) in [6, 6.07) is 0. The summed E-state index contributed by atoms with van der Waals surface area (Å²) < 4.78 is 0. The molecule has 0 aromatic heterocycles. The summed E-state index contributed by atoms with van der Waals surface area (Å²) in [6.07, 6.45) is 0.865. The summed E-state index contributed by atoms with van der Waals surface area (Å²) >= 11 is 0. The highest BCUT2D eigenvalue weighted by atomic mass is 16.4. The van der Waals surface area contributed by atoms with Gasteiger partial charge in [0.15, 0.2) is 0 Å². The molecule has 0 unspecified atom stereocenters. The van der Waals surface area contributed by atoms with Crippen molar-refractivity contribution in [1.29, 1.82) is 0 Å². The summed E-state index contributed by atoms with van der Waals surface area (Å²) in [6.45, 7) is 0. The zero-order valence-electron chi connectivity index (χ0n) is 4.24. The van der Waals surface area contributed by atoms with E-state index in [9.17, 15) is 9.59 Å². The second kappa shape index (κ2) is 1.77. The van der Waals surface area contributed by atoms with Gasteiger partial charge >= 0.3 is 5.97 Å². The van der Waals surface area contributed by atoms with E-state index in [1.165, 1.54) is 0 Å². The molecule has 1 N–H and O–H groups in total. The summed E-state index contributed by atoms with van der Waals surface area (Å²) in [7, 11) is 0. The fourth-order valence-electron chi connectivity index (χ4n) is 0.382. The lowest BCUT2D eigenvalue weighted by atomic mass is 10.6. The van der Waals surface area contributed by atoms with Crippen molar-refractivity contribution in [3.05, 3.63) is 0 Å². The summed E-state index contributed by atoms with van der Waals surface area (Å²) in [5.74, 6) is -2.34. The molecule has 0 saturated carbocycles. The van der Waals surface area contributed by atoms with Gasteiger partial charge < -0.3 is 5.11 Å². The summed E-state index contributed by atoms with van der Waals surface area (Å²) in [5.41, 5.74) is 0. The molecule has 0 saturated heterocycles. The Balaban J connectivity index is 2.88. The Kier molecular flexibility index (Phi) is 1.11. The second-order valence-electron chi connectivity index (χ2n) is 1.34. The molecule has 5 nitrogen and oxygen atoms in total. The zero-order valence-corrected chi connectivity index (χ0v) is 4.24. The number of hydrogen-bond acceptors (Lipinski definition) is 3. The molecule has 0 atom stereocenters. The lowest BCUT2D eigenvalue weighted by Crippen LogP contribution is -2.07. The molecule has 1 aliphatic rings. The Morgan fingerprint density at radius 3 is 2.56 bits per heavy atom. The van der Waals surface area contributed by atoms with Gasteiger partial charge in [-0.25, -0.2) is 9.79 Å². The SMILES string of the molecule is O=C1C=NC(C(=O)O)=N1. The van der Waals surface area contributed by atoms with Crippen molar-refractivity contribution in [2.24, 2.45) is 9.98 Å². The van der Waals surface area contributed by atoms with E-state index in [0.29, 0.717) is 0 Å². The van der Waals surface area contributed by atoms with Crippen molar-refractivity contribution in [2.45, 2.75) is 0 Å². The minimum absolute atomic E-state index is 0.444. The number of aliphatic carboxylic acids is 1. The number of nitrogens with zero attached hydrogens (tertiary/aromatic N) is 2. The standard InChI is InChI=1S/C4H2N2O3/c7-2-1-5-3(6-2)4(8)9/h1H,(H,8,9). The molecule has 1 aliphatic heterocycles. The van der Waals surface area contributed by atoms with Crippen LogP contribution in [-0.2, 0) is 9.59 Å². The van der Waals surface area contributed by atoms with E-state index >= 15 is 0 Å². The van der Waals surface area contributed by atoms with Gasteiger partial charge in [0.2, 0.25) is 5.84 Å². The van der Waals surface area contributed by atoms with Crippen LogP contribution >= 0.6 is 0 Å². The van der Waals surface area contributed by atoms with Crippen LogP contribution < -0.4 is 0 Å². The maximum absolute atomic E-state index is 10.2. The van der Waals surface area contributed by atoms with Crippen LogP contribution in [0, 0.1) is 0 Å². The fraction of sp³-hybridized carbons (Fsp3) is 0. The van der Waals surface area contributed by atoms with Crippen LogP contribution in [-0.4, -0.2) is 29.0 Å². The summed E-state index contributed by atoms with van der Waals surface area (Å²) in [5, 5.41) is 8.13. The first-order valence-corrected chi connectivity index (χ1v) is 2.10. The average Bonchev–Trinajstić information content (AvgIpc) is 2.14. The van der Waals surface area contributed by atoms with Crippen LogP contribution in [0.1, 0.15) is 0 Å². The lowest BCUT2D eigenvalue weighted by molar-refractivity contribution is -0.129. The molecule has 1 rings (SSSR count). The van der Waals surface area contributed by atoms with Crippen LogP contribution in [0.2, 0.25) is 0 Å². The van der Waals surface area contributed by atoms with E-state index in [2.05, 4.69) is 9.98 Å². The van der Waals surface area contributed by atoms with Gasteiger partial charge in [-0.3, -0.25) is 4.79 Å². The smallest absolute Gasteiger partial charge is 0.374 e. The first kappa shape index (κ1) is 5.61. The van der Waals surface area contributed by atoms with Gasteiger partial charge in [-0.05, 0) is 0 Å². The quantitative estimate of drug-likeness (QED) is 0.493. The molecule has 0 aliphatic carbocycles. The third kappa shape index (κ3) is 0.987. The minimum atomic E-state index is -1.28. The second-order valence-corrected chi connectivity index (χ2v) is 1.34. The van der Waals surface area contributed by atoms with E-state index in [0.717, 1.165) is 6.21 Å². The molecular formula is C4H2N2O3. The van der Waals surface area contributed by atoms with E-state index < -0.39 is 17.7 Å². The Hall–Kier alpha value is -1.52. The number of carboxylic acids is 1. The van der Waals surface area contributed by atoms with Crippen molar-refractivity contribution in [3.63, 3.8) is 0 Å². The van der Waals surface area contributed by atoms with Crippen molar-refractivity contribution in [1.82, 2.24) is 0 Å². The Labute approximate surface area is 49.7 Å². The highest BCUT2D eigenvalue weighted by Crippen LogP contribution is 1.89. The predicted molar refractivity (Wildman–Crippen MR) is 28.6 cm³/mol. The van der Waals surface area contributed by atoms with Crippen molar-refractivity contribution in [3.8, 4) is 0 Å². The van der Waals surface area contributed by atoms with Crippen molar-refractivity contribution >= 4 is 23.9 Å². The topological polar surface area (TPSA) is 79.1 Å². The Morgan fingerprint density at radius 1 is 1.67 bits per heavy atom. The Morgan fingerprint density at radius 2 is 2.33 bits per heavy atom. The van der Waals surface area contributed by atoms with Gasteiger partial charge in [0, 0.05) is 0 Å². The zero-order chi connectivity index (χ0) is 6.85. The molecule has 0 fully saturated rings. The number of carboxylic acid groups (broad SMARTS) is 1. The molecule has 0 spiro atoms. The maximum Gasteiger partial charge on any atom is 0.374 e. The van der Waals surface area contributed by atoms with Crippen LogP contribution in [0.3, 0.4) is 0 Å². The molecule has 1 heterocycles. The molecule has 0 aromatic rings. The fourth-order valence-corrected chi connectivity index (χ4v) is 0.382. The molecule has 5 heteroatoms. The first-order chi connectivity index (χ1) is 4.20. The average molecular weight is 126 g/mol. The molecule has 0 bridgehead atoms. The molecule has 9 heavy (non-hydrogen) atoms. The normalized spacial score (nSPS) is 16.0. The van der Waals surface area contributed by atoms with Crippen molar-refractivity contribution < 1.29 is 14.7 Å². The lowest BCUT2D eigenvalue weighted by Gasteiger charge is -1.79. The number of amides is 1. The van der Waals surface area contributed by atoms with Crippen LogP contribution in [0.5, 0.6) is 0 Å². The van der Waals surface area contributed by atoms with Crippen molar-refractivity contribution in [2.75, 3.05) is 0 Å². The molecule has 46 valence electrons. The van der Waals surface area contributed by atoms with Gasteiger partial charge in [0.05, 0.1) is 6.21 Å². The highest BCUT2D eigenvalue weighted by Gasteiger charge is 2.14. The number of aliphatic imine (C=N–C) groups is 2. The van der Waals surface area contributed by atoms with Gasteiger partial charge in [-0.15, -0.1) is 0 Å². The highest BCUT2D eigenvalue weighted by molar-refractivity contribution is 6.47. The van der Waals surface area contributed by atoms with Gasteiger partial charge in [-0.1, -0.05) is 0 Å². The van der Waals surface area contributed by atoms with Crippen LogP contribution in [0.4, 0.5) is 0 Å². The predicted octanol–water partition coefficient (Wildman–Crippen LogP) is -0.920. The number of carbonyl (C=O) groups is 2. The molecular weight excluding hydrogens is 124 g/mol. The third-order valence-corrected chi connectivity index (χ3v) is 0.705. The van der Waals surface area contributed by atoms with Gasteiger partial charge in [0.1, 0.15) is 0 Å². The largest absolute Gasteiger partial charge is 0.475 e. The number of rotatable bonds is 1. The molecule has 1 amide bonds. The Bertz CT molecular complexity index is 228. The number of amidine groups is 1. The number of hydrogen-bond donors (Lipinski definition) is 1. The van der Waals surface area contributed by atoms with E-state index in [4.69, 9.17) is 5.11 Å². The van der Waals surface area contributed by atoms with Gasteiger partial charge in [-0.2, -0.15) is 4.99 Å². The monoisotopic (exact) mass is 126 g/mol. The number of carbonyl (C=O) groups excluding carboxylic acids is 1. The van der Waals surface area contributed by atoms with Gasteiger partial charge in [0.25, 0.3) is 5.91 Å².